The minimum atomic E-state index is -4.54. The fourth-order valence-electron chi connectivity index (χ4n) is 2.00. The van der Waals surface area contributed by atoms with Crippen LogP contribution >= 0.6 is 0 Å². The van der Waals surface area contributed by atoms with Crippen LogP contribution in [0.5, 0.6) is 5.75 Å². The van der Waals surface area contributed by atoms with Crippen molar-refractivity contribution in [1.82, 2.24) is 4.98 Å². The van der Waals surface area contributed by atoms with Gasteiger partial charge in [-0.25, -0.2) is 4.79 Å². The van der Waals surface area contributed by atoms with Crippen LogP contribution in [0.1, 0.15) is 23.0 Å². The summed E-state index contributed by atoms with van der Waals surface area (Å²) in [5.74, 6) is -0.917. The number of fused-ring (bicyclic) bond motifs is 1. The molecule has 0 aliphatic heterocycles. The Kier molecular flexibility index (Phi) is 3.61. The van der Waals surface area contributed by atoms with Crippen molar-refractivity contribution in [3.63, 3.8) is 0 Å². The van der Waals surface area contributed by atoms with Crippen molar-refractivity contribution in [1.29, 1.82) is 0 Å². The minimum absolute atomic E-state index is 0.115. The van der Waals surface area contributed by atoms with Gasteiger partial charge < -0.3 is 14.5 Å². The molecule has 20 heavy (non-hydrogen) atoms. The van der Waals surface area contributed by atoms with Gasteiger partial charge in [-0.3, -0.25) is 0 Å². The molecular formula is C13H12F3NO3. The summed E-state index contributed by atoms with van der Waals surface area (Å²) in [4.78, 5) is 14.4. The van der Waals surface area contributed by atoms with Crippen molar-refractivity contribution in [3.8, 4) is 5.75 Å². The number of hydrogen-bond donors (Lipinski definition) is 1. The summed E-state index contributed by atoms with van der Waals surface area (Å²) < 4.78 is 48.8. The number of aromatic amines is 1. The van der Waals surface area contributed by atoms with Crippen molar-refractivity contribution in [2.45, 2.75) is 13.1 Å². The standard InChI is InChI=1S/C13H12F3NO3/c1-3-20-12(18)10-11(19-2)9-7(13(14,15)16)5-4-6-8(9)17-10/h4-6,17H,3H2,1-2H3. The van der Waals surface area contributed by atoms with Gasteiger partial charge in [0.1, 0.15) is 0 Å². The van der Waals surface area contributed by atoms with E-state index in [0.717, 1.165) is 6.07 Å². The van der Waals surface area contributed by atoms with Gasteiger partial charge in [0.25, 0.3) is 0 Å². The van der Waals surface area contributed by atoms with Crippen molar-refractivity contribution in [3.05, 3.63) is 29.5 Å². The molecule has 0 aliphatic carbocycles. The van der Waals surface area contributed by atoms with E-state index in [4.69, 9.17) is 9.47 Å². The summed E-state index contributed by atoms with van der Waals surface area (Å²) in [6, 6.07) is 3.64. The molecule has 0 amide bonds. The van der Waals surface area contributed by atoms with E-state index in [1.54, 1.807) is 6.92 Å². The zero-order valence-electron chi connectivity index (χ0n) is 10.8. The fraction of sp³-hybridized carbons (Fsp3) is 0.308. The highest BCUT2D eigenvalue weighted by atomic mass is 19.4. The number of halogens is 3. The number of H-pyrrole nitrogens is 1. The van der Waals surface area contributed by atoms with E-state index >= 15 is 0 Å². The molecule has 7 heteroatoms. The molecule has 2 aromatic rings. The number of carbonyl (C=O) groups excluding carboxylic acids is 1. The normalized spacial score (nSPS) is 11.7. The Morgan fingerprint density at radius 3 is 2.60 bits per heavy atom. The molecule has 0 fully saturated rings. The lowest BCUT2D eigenvalue weighted by molar-refractivity contribution is -0.136. The van der Waals surface area contributed by atoms with Crippen LogP contribution in [0.3, 0.4) is 0 Å². The van der Waals surface area contributed by atoms with Gasteiger partial charge >= 0.3 is 12.1 Å². The van der Waals surface area contributed by atoms with Gasteiger partial charge in [-0.15, -0.1) is 0 Å². The molecule has 2 rings (SSSR count). The molecule has 1 aromatic heterocycles. The molecule has 0 spiro atoms. The highest BCUT2D eigenvalue weighted by Crippen LogP contribution is 2.40. The number of hydrogen-bond acceptors (Lipinski definition) is 3. The first-order chi connectivity index (χ1) is 9.40. The van der Waals surface area contributed by atoms with Crippen LogP contribution in [0.15, 0.2) is 18.2 Å². The number of methoxy groups -OCH3 is 1. The van der Waals surface area contributed by atoms with Gasteiger partial charge in [0.05, 0.1) is 30.2 Å². The average Bonchev–Trinajstić information content (AvgIpc) is 2.76. The van der Waals surface area contributed by atoms with E-state index in [1.807, 2.05) is 0 Å². The number of nitrogens with one attached hydrogen (secondary N) is 1. The van der Waals surface area contributed by atoms with E-state index in [1.165, 1.54) is 19.2 Å². The lowest BCUT2D eigenvalue weighted by atomic mass is 10.1. The van der Waals surface area contributed by atoms with Crippen LogP contribution in [-0.4, -0.2) is 24.7 Å². The molecule has 0 saturated heterocycles. The second-order valence-electron chi connectivity index (χ2n) is 3.98. The SMILES string of the molecule is CCOC(=O)c1[nH]c2cccc(C(F)(F)F)c2c1OC. The predicted octanol–water partition coefficient (Wildman–Crippen LogP) is 3.37. The van der Waals surface area contributed by atoms with Crippen LogP contribution in [0, 0.1) is 0 Å². The first-order valence-corrected chi connectivity index (χ1v) is 5.83. The van der Waals surface area contributed by atoms with Gasteiger partial charge in [0, 0.05) is 0 Å². The number of aromatic nitrogens is 1. The maximum Gasteiger partial charge on any atom is 0.417 e. The molecule has 0 atom stereocenters. The second kappa shape index (κ2) is 5.07. The molecule has 1 N–H and O–H groups in total. The summed E-state index contributed by atoms with van der Waals surface area (Å²) in [6.07, 6.45) is -4.54. The lowest BCUT2D eigenvalue weighted by Gasteiger charge is -2.09. The number of alkyl halides is 3. The highest BCUT2D eigenvalue weighted by molar-refractivity contribution is 6.02. The number of ether oxygens (including phenoxy) is 2. The third-order valence-electron chi connectivity index (χ3n) is 2.77. The van der Waals surface area contributed by atoms with Crippen LogP contribution in [0.25, 0.3) is 10.9 Å². The number of esters is 1. The third kappa shape index (κ3) is 2.31. The Morgan fingerprint density at radius 2 is 2.05 bits per heavy atom. The first kappa shape index (κ1) is 14.2. The molecule has 4 nitrogen and oxygen atoms in total. The van der Waals surface area contributed by atoms with Crippen LogP contribution in [0.2, 0.25) is 0 Å². The van der Waals surface area contributed by atoms with Gasteiger partial charge in [0.2, 0.25) is 0 Å². The maximum absolute atomic E-state index is 13.0. The van der Waals surface area contributed by atoms with E-state index in [-0.39, 0.29) is 29.0 Å². The molecule has 0 unspecified atom stereocenters. The number of rotatable bonds is 3. The predicted molar refractivity (Wildman–Crippen MR) is 65.8 cm³/mol. The van der Waals surface area contributed by atoms with Crippen LogP contribution < -0.4 is 4.74 Å². The van der Waals surface area contributed by atoms with E-state index in [0.29, 0.717) is 0 Å². The summed E-state index contributed by atoms with van der Waals surface area (Å²) in [5.41, 5.74) is -0.820. The molecule has 108 valence electrons. The zero-order chi connectivity index (χ0) is 14.9. The zero-order valence-corrected chi connectivity index (χ0v) is 10.8. The third-order valence-corrected chi connectivity index (χ3v) is 2.77. The largest absolute Gasteiger partial charge is 0.494 e. The topological polar surface area (TPSA) is 51.3 Å². The minimum Gasteiger partial charge on any atom is -0.494 e. The molecule has 0 radical (unpaired) electrons. The smallest absolute Gasteiger partial charge is 0.417 e. The van der Waals surface area contributed by atoms with Gasteiger partial charge in [-0.05, 0) is 19.1 Å². The summed E-state index contributed by atoms with van der Waals surface area (Å²) in [7, 11) is 1.21. The van der Waals surface area contributed by atoms with Crippen LogP contribution in [0.4, 0.5) is 13.2 Å². The first-order valence-electron chi connectivity index (χ1n) is 5.83. The van der Waals surface area contributed by atoms with E-state index < -0.39 is 17.7 Å². The number of benzene rings is 1. The quantitative estimate of drug-likeness (QED) is 0.880. The molecule has 0 saturated carbocycles. The lowest BCUT2D eigenvalue weighted by Crippen LogP contribution is -2.07. The van der Waals surface area contributed by atoms with Gasteiger partial charge in [-0.2, -0.15) is 13.2 Å². The molecule has 1 aromatic carbocycles. The van der Waals surface area contributed by atoms with Gasteiger partial charge in [-0.1, -0.05) is 6.07 Å². The average molecular weight is 287 g/mol. The van der Waals surface area contributed by atoms with Crippen molar-refractivity contribution >= 4 is 16.9 Å². The van der Waals surface area contributed by atoms with Crippen LogP contribution in [-0.2, 0) is 10.9 Å². The van der Waals surface area contributed by atoms with Gasteiger partial charge in [0.15, 0.2) is 11.4 Å². The van der Waals surface area contributed by atoms with Crippen molar-refractivity contribution in [2.24, 2.45) is 0 Å². The molecule has 0 aliphatic rings. The molecule has 1 heterocycles. The van der Waals surface area contributed by atoms with Crippen molar-refractivity contribution in [2.75, 3.05) is 13.7 Å². The fourth-order valence-corrected chi connectivity index (χ4v) is 2.00. The number of carbonyl (C=O) groups is 1. The Bertz CT molecular complexity index is 646. The maximum atomic E-state index is 13.0. The Hall–Kier alpha value is -2.18. The van der Waals surface area contributed by atoms with E-state index in [2.05, 4.69) is 4.98 Å². The Balaban J connectivity index is 2.73. The second-order valence-corrected chi connectivity index (χ2v) is 3.98. The highest BCUT2D eigenvalue weighted by Gasteiger charge is 2.35. The molecule has 0 bridgehead atoms. The van der Waals surface area contributed by atoms with Crippen molar-refractivity contribution < 1.29 is 27.4 Å². The molecular weight excluding hydrogens is 275 g/mol. The summed E-state index contributed by atoms with van der Waals surface area (Å²) >= 11 is 0. The monoisotopic (exact) mass is 287 g/mol. The van der Waals surface area contributed by atoms with E-state index in [9.17, 15) is 18.0 Å². The summed E-state index contributed by atoms with van der Waals surface area (Å²) in [6.45, 7) is 1.72. The Morgan fingerprint density at radius 1 is 1.35 bits per heavy atom. The Labute approximate surface area is 112 Å². The summed E-state index contributed by atoms with van der Waals surface area (Å²) in [5, 5.41) is -0.175.